The summed E-state index contributed by atoms with van der Waals surface area (Å²) < 4.78 is 13.1. The van der Waals surface area contributed by atoms with Gasteiger partial charge in [0.25, 0.3) is 0 Å². The first-order chi connectivity index (χ1) is 9.08. The zero-order chi connectivity index (χ0) is 13.8. The minimum absolute atomic E-state index is 0.0324. The molecule has 0 aliphatic rings. The van der Waals surface area contributed by atoms with Crippen molar-refractivity contribution < 1.29 is 14.3 Å². The highest BCUT2D eigenvalue weighted by Gasteiger charge is 2.12. The zero-order valence-electron chi connectivity index (χ0n) is 9.71. The van der Waals surface area contributed by atoms with Gasteiger partial charge in [-0.25, -0.2) is 19.2 Å². The quantitative estimate of drug-likeness (QED) is 0.658. The standard InChI is InChI=1S/C12H10FN3O2S/c13-7-1-2-9(14)11(3-7)19-5-10-8(12(17)18)4-15-6-16-10/h1-4,6H,5,14H2,(H,17,18). The molecule has 0 fully saturated rings. The van der Waals surface area contributed by atoms with Gasteiger partial charge in [0, 0.05) is 22.5 Å². The summed E-state index contributed by atoms with van der Waals surface area (Å²) in [5.41, 5.74) is 6.56. The van der Waals surface area contributed by atoms with Crippen molar-refractivity contribution in [1.29, 1.82) is 0 Å². The summed E-state index contributed by atoms with van der Waals surface area (Å²) in [6, 6.07) is 4.05. The van der Waals surface area contributed by atoms with E-state index in [0.29, 0.717) is 16.3 Å². The van der Waals surface area contributed by atoms with E-state index in [0.717, 1.165) is 0 Å². The molecular formula is C12H10FN3O2S. The van der Waals surface area contributed by atoms with Crippen LogP contribution in [0, 0.1) is 5.82 Å². The summed E-state index contributed by atoms with van der Waals surface area (Å²) in [4.78, 5) is 19.1. The zero-order valence-corrected chi connectivity index (χ0v) is 10.5. The normalized spacial score (nSPS) is 10.4. The lowest BCUT2D eigenvalue weighted by atomic mass is 10.2. The van der Waals surface area contributed by atoms with Crippen LogP contribution in [0.15, 0.2) is 35.6 Å². The van der Waals surface area contributed by atoms with Gasteiger partial charge in [0.1, 0.15) is 17.7 Å². The van der Waals surface area contributed by atoms with E-state index in [2.05, 4.69) is 9.97 Å². The molecule has 19 heavy (non-hydrogen) atoms. The highest BCUT2D eigenvalue weighted by Crippen LogP contribution is 2.28. The number of aromatic nitrogens is 2. The summed E-state index contributed by atoms with van der Waals surface area (Å²) in [6.45, 7) is 0. The van der Waals surface area contributed by atoms with Crippen LogP contribution in [0.3, 0.4) is 0 Å². The number of carboxylic acid groups (broad SMARTS) is 1. The molecule has 0 radical (unpaired) electrons. The lowest BCUT2D eigenvalue weighted by molar-refractivity contribution is 0.0695. The molecule has 1 aromatic heterocycles. The van der Waals surface area contributed by atoms with E-state index in [-0.39, 0.29) is 11.3 Å². The van der Waals surface area contributed by atoms with Gasteiger partial charge < -0.3 is 10.8 Å². The largest absolute Gasteiger partial charge is 0.478 e. The van der Waals surface area contributed by atoms with Crippen molar-refractivity contribution >= 4 is 23.4 Å². The fourth-order valence-corrected chi connectivity index (χ4v) is 2.38. The topological polar surface area (TPSA) is 89.1 Å². The molecule has 0 spiro atoms. The van der Waals surface area contributed by atoms with E-state index in [1.165, 1.54) is 42.5 Å². The van der Waals surface area contributed by atoms with Crippen molar-refractivity contribution in [3.8, 4) is 0 Å². The molecule has 3 N–H and O–H groups in total. The molecule has 0 saturated heterocycles. The van der Waals surface area contributed by atoms with E-state index < -0.39 is 11.8 Å². The van der Waals surface area contributed by atoms with Crippen molar-refractivity contribution in [3.63, 3.8) is 0 Å². The number of nitrogen functional groups attached to an aromatic ring is 1. The highest BCUT2D eigenvalue weighted by molar-refractivity contribution is 7.98. The van der Waals surface area contributed by atoms with Crippen molar-refractivity contribution in [2.45, 2.75) is 10.6 Å². The number of halogens is 1. The van der Waals surface area contributed by atoms with Crippen LogP contribution >= 0.6 is 11.8 Å². The number of anilines is 1. The van der Waals surface area contributed by atoms with Crippen molar-refractivity contribution in [2.75, 3.05) is 5.73 Å². The van der Waals surface area contributed by atoms with Gasteiger partial charge in [0.2, 0.25) is 0 Å². The minimum atomic E-state index is -1.09. The molecule has 0 amide bonds. The molecule has 0 saturated carbocycles. The maximum atomic E-state index is 13.1. The number of carbonyl (C=O) groups is 1. The molecule has 1 aromatic carbocycles. The maximum absolute atomic E-state index is 13.1. The molecule has 2 aromatic rings. The SMILES string of the molecule is Nc1ccc(F)cc1SCc1ncncc1C(=O)O. The van der Waals surface area contributed by atoms with Gasteiger partial charge in [-0.3, -0.25) is 0 Å². The molecule has 98 valence electrons. The Bertz CT molecular complexity index is 622. The molecule has 0 aliphatic heterocycles. The molecule has 0 atom stereocenters. The average Bonchev–Trinajstić information content (AvgIpc) is 2.40. The number of carboxylic acids is 1. The van der Waals surface area contributed by atoms with Gasteiger partial charge in [0.15, 0.2) is 0 Å². The molecule has 1 heterocycles. The summed E-state index contributed by atoms with van der Waals surface area (Å²) in [5, 5.41) is 8.99. The molecule has 7 heteroatoms. The van der Waals surface area contributed by atoms with Gasteiger partial charge in [-0.2, -0.15) is 0 Å². The van der Waals surface area contributed by atoms with Crippen LogP contribution in [0.5, 0.6) is 0 Å². The fraction of sp³-hybridized carbons (Fsp3) is 0.0833. The van der Waals surface area contributed by atoms with E-state index in [1.54, 1.807) is 0 Å². The Hall–Kier alpha value is -2.15. The summed E-state index contributed by atoms with van der Waals surface area (Å²) in [5.74, 6) is -1.21. The third kappa shape index (κ3) is 3.19. The Morgan fingerprint density at radius 3 is 3.00 bits per heavy atom. The van der Waals surface area contributed by atoms with Crippen LogP contribution < -0.4 is 5.73 Å². The van der Waals surface area contributed by atoms with Gasteiger partial charge in [-0.1, -0.05) is 0 Å². The summed E-state index contributed by atoms with van der Waals surface area (Å²) in [6.07, 6.45) is 2.51. The number of thioether (sulfide) groups is 1. The van der Waals surface area contributed by atoms with Crippen molar-refractivity contribution in [3.05, 3.63) is 47.8 Å². The van der Waals surface area contributed by atoms with E-state index in [1.807, 2.05) is 0 Å². The van der Waals surface area contributed by atoms with Crippen LogP contribution in [0.25, 0.3) is 0 Å². The second-order valence-corrected chi connectivity index (χ2v) is 4.68. The lowest BCUT2D eigenvalue weighted by Gasteiger charge is -2.06. The molecule has 2 rings (SSSR count). The number of hydrogen-bond donors (Lipinski definition) is 2. The van der Waals surface area contributed by atoms with Gasteiger partial charge in [-0.05, 0) is 18.2 Å². The first-order valence-electron chi connectivity index (χ1n) is 5.28. The van der Waals surface area contributed by atoms with Crippen LogP contribution in [0.2, 0.25) is 0 Å². The Balaban J connectivity index is 2.19. The highest BCUT2D eigenvalue weighted by atomic mass is 32.2. The monoisotopic (exact) mass is 279 g/mol. The Kier molecular flexibility index (Phi) is 3.96. The van der Waals surface area contributed by atoms with E-state index in [9.17, 15) is 9.18 Å². The average molecular weight is 279 g/mol. The second kappa shape index (κ2) is 5.66. The lowest BCUT2D eigenvalue weighted by Crippen LogP contribution is -2.04. The molecular weight excluding hydrogens is 269 g/mol. The van der Waals surface area contributed by atoms with Crippen LogP contribution in [-0.4, -0.2) is 21.0 Å². The predicted molar refractivity (Wildman–Crippen MR) is 69.4 cm³/mol. The van der Waals surface area contributed by atoms with Crippen molar-refractivity contribution in [1.82, 2.24) is 9.97 Å². The smallest absolute Gasteiger partial charge is 0.339 e. The second-order valence-electron chi connectivity index (χ2n) is 3.66. The number of aromatic carboxylic acids is 1. The Morgan fingerprint density at radius 1 is 1.47 bits per heavy atom. The minimum Gasteiger partial charge on any atom is -0.478 e. The summed E-state index contributed by atoms with van der Waals surface area (Å²) in [7, 11) is 0. The summed E-state index contributed by atoms with van der Waals surface area (Å²) >= 11 is 1.23. The fourth-order valence-electron chi connectivity index (χ4n) is 1.43. The van der Waals surface area contributed by atoms with E-state index >= 15 is 0 Å². The van der Waals surface area contributed by atoms with Crippen LogP contribution in [0.4, 0.5) is 10.1 Å². The number of hydrogen-bond acceptors (Lipinski definition) is 5. The molecule has 0 bridgehead atoms. The number of nitrogens with zero attached hydrogens (tertiary/aromatic N) is 2. The third-order valence-corrected chi connectivity index (χ3v) is 3.45. The van der Waals surface area contributed by atoms with Crippen LogP contribution in [0.1, 0.15) is 16.1 Å². The number of benzene rings is 1. The first kappa shape index (κ1) is 13.3. The number of rotatable bonds is 4. The third-order valence-electron chi connectivity index (χ3n) is 2.37. The van der Waals surface area contributed by atoms with Gasteiger partial charge >= 0.3 is 5.97 Å². The van der Waals surface area contributed by atoms with Crippen LogP contribution in [-0.2, 0) is 5.75 Å². The Morgan fingerprint density at radius 2 is 2.26 bits per heavy atom. The number of nitrogens with two attached hydrogens (primary N) is 1. The molecule has 5 nitrogen and oxygen atoms in total. The van der Waals surface area contributed by atoms with Crippen molar-refractivity contribution in [2.24, 2.45) is 0 Å². The van der Waals surface area contributed by atoms with E-state index in [4.69, 9.17) is 10.8 Å². The predicted octanol–water partition coefficient (Wildman–Crippen LogP) is 2.19. The maximum Gasteiger partial charge on any atom is 0.339 e. The van der Waals surface area contributed by atoms with Gasteiger partial charge in [0.05, 0.1) is 5.69 Å². The first-order valence-corrected chi connectivity index (χ1v) is 6.26. The van der Waals surface area contributed by atoms with Gasteiger partial charge in [-0.15, -0.1) is 11.8 Å². The molecule has 0 unspecified atom stereocenters. The Labute approximate surface area is 112 Å². The molecule has 0 aliphatic carbocycles.